The van der Waals surface area contributed by atoms with Crippen molar-refractivity contribution in [2.45, 2.75) is 65.3 Å². The summed E-state index contributed by atoms with van der Waals surface area (Å²) in [6.45, 7) is 6.63. The number of carbonyl (C=O) groups excluding carboxylic acids is 1. The minimum atomic E-state index is -0.254. The second kappa shape index (κ2) is 10.3. The highest BCUT2D eigenvalue weighted by atomic mass is 16.5. The first-order valence-electron chi connectivity index (χ1n) is 8.21. The summed E-state index contributed by atoms with van der Waals surface area (Å²) < 4.78 is 5.10. The van der Waals surface area contributed by atoms with Crippen LogP contribution < -0.4 is 5.32 Å². The van der Waals surface area contributed by atoms with Crippen molar-refractivity contribution >= 4 is 11.7 Å². The predicted octanol–water partition coefficient (Wildman–Crippen LogP) is 5.02. The van der Waals surface area contributed by atoms with E-state index < -0.39 is 0 Å². The molecule has 0 saturated carbocycles. The van der Waals surface area contributed by atoms with Gasteiger partial charge < -0.3 is 10.1 Å². The zero-order valence-corrected chi connectivity index (χ0v) is 13.7. The molecule has 1 aromatic carbocycles. The second-order valence-corrected chi connectivity index (χ2v) is 5.51. The fourth-order valence-electron chi connectivity index (χ4n) is 2.39. The molecular weight excluding hydrogens is 262 g/mol. The van der Waals surface area contributed by atoms with Gasteiger partial charge in [0.25, 0.3) is 0 Å². The van der Waals surface area contributed by atoms with Crippen LogP contribution in [-0.4, -0.2) is 18.6 Å². The molecule has 0 saturated heterocycles. The molecule has 118 valence electrons. The Morgan fingerprint density at radius 1 is 1.14 bits per heavy atom. The Kier molecular flexibility index (Phi) is 8.56. The lowest BCUT2D eigenvalue weighted by Crippen LogP contribution is -2.18. The zero-order valence-electron chi connectivity index (χ0n) is 13.7. The van der Waals surface area contributed by atoms with Crippen molar-refractivity contribution in [1.29, 1.82) is 0 Å². The van der Waals surface area contributed by atoms with Crippen LogP contribution in [0, 0.1) is 0 Å². The van der Waals surface area contributed by atoms with Crippen molar-refractivity contribution in [1.82, 2.24) is 0 Å². The van der Waals surface area contributed by atoms with E-state index in [2.05, 4.69) is 19.2 Å². The minimum Gasteiger partial charge on any atom is -0.462 e. The van der Waals surface area contributed by atoms with Gasteiger partial charge in [-0.1, -0.05) is 51.2 Å². The Labute approximate surface area is 129 Å². The van der Waals surface area contributed by atoms with Crippen LogP contribution in [-0.2, 0) is 4.74 Å². The molecule has 1 aromatic rings. The molecule has 0 aliphatic carbocycles. The number of para-hydroxylation sites is 1. The number of hydrogen-bond donors (Lipinski definition) is 1. The molecular formula is C18H29NO2. The van der Waals surface area contributed by atoms with E-state index in [1.807, 2.05) is 31.2 Å². The van der Waals surface area contributed by atoms with E-state index in [1.165, 1.54) is 32.1 Å². The van der Waals surface area contributed by atoms with Crippen LogP contribution in [0.4, 0.5) is 5.69 Å². The van der Waals surface area contributed by atoms with Crippen molar-refractivity contribution in [3.8, 4) is 0 Å². The third-order valence-electron chi connectivity index (χ3n) is 3.57. The highest BCUT2D eigenvalue weighted by Gasteiger charge is 2.13. The van der Waals surface area contributed by atoms with Gasteiger partial charge in [0.05, 0.1) is 12.2 Å². The number of esters is 1. The smallest absolute Gasteiger partial charge is 0.340 e. The molecule has 0 aliphatic rings. The molecule has 0 bridgehead atoms. The summed E-state index contributed by atoms with van der Waals surface area (Å²) in [4.78, 5) is 11.9. The Hall–Kier alpha value is -1.51. The summed E-state index contributed by atoms with van der Waals surface area (Å²) in [5, 5.41) is 3.44. The number of benzene rings is 1. The molecule has 1 unspecified atom stereocenters. The van der Waals surface area contributed by atoms with E-state index in [9.17, 15) is 4.79 Å². The average molecular weight is 291 g/mol. The Morgan fingerprint density at radius 2 is 1.86 bits per heavy atom. The molecule has 1 rings (SSSR count). The Bertz CT molecular complexity index is 417. The molecule has 0 aliphatic heterocycles. The van der Waals surface area contributed by atoms with E-state index in [-0.39, 0.29) is 5.97 Å². The zero-order chi connectivity index (χ0) is 15.5. The van der Waals surface area contributed by atoms with Gasteiger partial charge >= 0.3 is 5.97 Å². The van der Waals surface area contributed by atoms with Crippen molar-refractivity contribution in [2.24, 2.45) is 0 Å². The first-order chi connectivity index (χ1) is 10.2. The summed E-state index contributed by atoms with van der Waals surface area (Å²) in [5.74, 6) is -0.254. The summed E-state index contributed by atoms with van der Waals surface area (Å²) >= 11 is 0. The van der Waals surface area contributed by atoms with Gasteiger partial charge in [-0.05, 0) is 32.4 Å². The lowest BCUT2D eigenvalue weighted by molar-refractivity contribution is 0.0527. The Morgan fingerprint density at radius 3 is 2.57 bits per heavy atom. The topological polar surface area (TPSA) is 38.3 Å². The molecule has 0 heterocycles. The maximum Gasteiger partial charge on any atom is 0.340 e. The molecule has 0 amide bonds. The van der Waals surface area contributed by atoms with Crippen LogP contribution in [0.25, 0.3) is 0 Å². The standard InChI is InChI=1S/C18H29NO2/c1-4-6-7-8-9-12-15(3)19-17-14-11-10-13-16(17)18(20)21-5-2/h10-11,13-15,19H,4-9,12H2,1-3H3. The fraction of sp³-hybridized carbons (Fsp3) is 0.611. The predicted molar refractivity (Wildman–Crippen MR) is 88.9 cm³/mol. The quantitative estimate of drug-likeness (QED) is 0.485. The van der Waals surface area contributed by atoms with Gasteiger partial charge in [0.15, 0.2) is 0 Å². The molecule has 3 heteroatoms. The third kappa shape index (κ3) is 6.65. The third-order valence-corrected chi connectivity index (χ3v) is 3.57. The van der Waals surface area contributed by atoms with Crippen LogP contribution in [0.3, 0.4) is 0 Å². The number of unbranched alkanes of at least 4 members (excludes halogenated alkanes) is 4. The average Bonchev–Trinajstić information content (AvgIpc) is 2.48. The number of hydrogen-bond acceptors (Lipinski definition) is 3. The van der Waals surface area contributed by atoms with Crippen LogP contribution in [0.1, 0.15) is 69.7 Å². The highest BCUT2D eigenvalue weighted by molar-refractivity contribution is 5.95. The molecule has 1 atom stereocenters. The number of nitrogens with one attached hydrogen (secondary N) is 1. The number of anilines is 1. The summed E-state index contributed by atoms with van der Waals surface area (Å²) in [6, 6.07) is 7.93. The summed E-state index contributed by atoms with van der Waals surface area (Å²) in [6.07, 6.45) is 7.58. The lowest BCUT2D eigenvalue weighted by Gasteiger charge is -2.17. The maximum atomic E-state index is 11.9. The van der Waals surface area contributed by atoms with E-state index >= 15 is 0 Å². The van der Waals surface area contributed by atoms with Gasteiger partial charge in [-0.2, -0.15) is 0 Å². The summed E-state index contributed by atoms with van der Waals surface area (Å²) in [5.41, 5.74) is 1.49. The van der Waals surface area contributed by atoms with Crippen LogP contribution in [0.2, 0.25) is 0 Å². The van der Waals surface area contributed by atoms with Gasteiger partial charge in [0.2, 0.25) is 0 Å². The molecule has 0 radical (unpaired) electrons. The van der Waals surface area contributed by atoms with E-state index in [0.717, 1.165) is 12.1 Å². The fourth-order valence-corrected chi connectivity index (χ4v) is 2.39. The molecule has 3 nitrogen and oxygen atoms in total. The SMILES string of the molecule is CCCCCCCC(C)Nc1ccccc1C(=O)OCC. The second-order valence-electron chi connectivity index (χ2n) is 5.51. The molecule has 0 aromatic heterocycles. The van der Waals surface area contributed by atoms with E-state index in [4.69, 9.17) is 4.74 Å². The molecule has 21 heavy (non-hydrogen) atoms. The lowest BCUT2D eigenvalue weighted by atomic mass is 10.1. The van der Waals surface area contributed by atoms with Gasteiger partial charge in [-0.3, -0.25) is 0 Å². The van der Waals surface area contributed by atoms with E-state index in [1.54, 1.807) is 0 Å². The molecule has 1 N–H and O–H groups in total. The first kappa shape index (κ1) is 17.5. The van der Waals surface area contributed by atoms with Crippen molar-refractivity contribution in [2.75, 3.05) is 11.9 Å². The molecule has 0 fully saturated rings. The first-order valence-corrected chi connectivity index (χ1v) is 8.21. The largest absolute Gasteiger partial charge is 0.462 e. The molecule has 0 spiro atoms. The van der Waals surface area contributed by atoms with Crippen molar-refractivity contribution < 1.29 is 9.53 Å². The monoisotopic (exact) mass is 291 g/mol. The summed E-state index contributed by atoms with van der Waals surface area (Å²) in [7, 11) is 0. The van der Waals surface area contributed by atoms with Crippen LogP contribution in [0.5, 0.6) is 0 Å². The van der Waals surface area contributed by atoms with Crippen molar-refractivity contribution in [3.63, 3.8) is 0 Å². The normalized spacial score (nSPS) is 12.0. The van der Waals surface area contributed by atoms with E-state index in [0.29, 0.717) is 18.2 Å². The van der Waals surface area contributed by atoms with Gasteiger partial charge in [0, 0.05) is 11.7 Å². The van der Waals surface area contributed by atoms with Gasteiger partial charge in [0.1, 0.15) is 0 Å². The van der Waals surface area contributed by atoms with Gasteiger partial charge in [-0.25, -0.2) is 4.79 Å². The highest BCUT2D eigenvalue weighted by Crippen LogP contribution is 2.19. The number of ether oxygens (including phenoxy) is 1. The minimum absolute atomic E-state index is 0.254. The van der Waals surface area contributed by atoms with Crippen LogP contribution >= 0.6 is 0 Å². The Balaban J connectivity index is 2.48. The number of rotatable bonds is 10. The maximum absolute atomic E-state index is 11.9. The van der Waals surface area contributed by atoms with Crippen molar-refractivity contribution in [3.05, 3.63) is 29.8 Å². The number of carbonyl (C=O) groups is 1. The van der Waals surface area contributed by atoms with Gasteiger partial charge in [-0.15, -0.1) is 0 Å². The van der Waals surface area contributed by atoms with Crippen LogP contribution in [0.15, 0.2) is 24.3 Å².